The number of carbonyl (C=O) groups excluding carboxylic acids is 1. The van der Waals surface area contributed by atoms with Crippen LogP contribution in [0.4, 0.5) is 5.82 Å². The number of aryl methyl sites for hydroxylation is 1. The van der Waals surface area contributed by atoms with E-state index >= 15 is 0 Å². The molecule has 0 aliphatic heterocycles. The summed E-state index contributed by atoms with van der Waals surface area (Å²) in [5.41, 5.74) is 11.5. The molecule has 6 aromatic rings. The Balaban J connectivity index is 1.45. The SMILES string of the molecule is CC(NC(=O)c1c(N)nc2cccnn12)c1nc2cccc(C#Cc3cnn(C)c3)n2c1-c1ccccc1. The molecule has 38 heavy (non-hydrogen) atoms. The first-order chi connectivity index (χ1) is 18.5. The summed E-state index contributed by atoms with van der Waals surface area (Å²) in [4.78, 5) is 22.5. The topological polar surface area (TPSA) is 120 Å². The smallest absolute Gasteiger partial charge is 0.274 e. The first kappa shape index (κ1) is 23.0. The first-order valence-electron chi connectivity index (χ1n) is 12.0. The molecule has 6 rings (SSSR count). The highest BCUT2D eigenvalue weighted by atomic mass is 16.2. The summed E-state index contributed by atoms with van der Waals surface area (Å²) in [5, 5.41) is 11.5. The Labute approximate surface area is 217 Å². The third-order valence-corrected chi connectivity index (χ3v) is 6.15. The number of nitrogens with two attached hydrogens (primary N) is 1. The molecule has 3 N–H and O–H groups in total. The highest BCUT2D eigenvalue weighted by molar-refractivity contribution is 5.98. The van der Waals surface area contributed by atoms with Gasteiger partial charge < -0.3 is 11.1 Å². The molecular formula is C28H23N9O. The van der Waals surface area contributed by atoms with Gasteiger partial charge in [-0.15, -0.1) is 0 Å². The summed E-state index contributed by atoms with van der Waals surface area (Å²) in [6.45, 7) is 1.89. The summed E-state index contributed by atoms with van der Waals surface area (Å²) in [7, 11) is 1.85. The van der Waals surface area contributed by atoms with E-state index in [-0.39, 0.29) is 11.5 Å². The molecule has 1 aromatic carbocycles. The largest absolute Gasteiger partial charge is 0.382 e. The Kier molecular flexibility index (Phi) is 5.58. The Bertz CT molecular complexity index is 1870. The van der Waals surface area contributed by atoms with Gasteiger partial charge in [-0.2, -0.15) is 10.2 Å². The Morgan fingerprint density at radius 2 is 1.79 bits per heavy atom. The van der Waals surface area contributed by atoms with E-state index in [1.54, 1.807) is 29.2 Å². The van der Waals surface area contributed by atoms with Gasteiger partial charge in [-0.05, 0) is 37.1 Å². The molecule has 0 aliphatic carbocycles. The predicted molar refractivity (Wildman–Crippen MR) is 143 cm³/mol. The molecule has 1 amide bonds. The fourth-order valence-corrected chi connectivity index (χ4v) is 4.46. The van der Waals surface area contributed by atoms with Crippen LogP contribution in [0.2, 0.25) is 0 Å². The molecule has 10 nitrogen and oxygen atoms in total. The molecule has 186 valence electrons. The number of pyridine rings is 1. The summed E-state index contributed by atoms with van der Waals surface area (Å²) >= 11 is 0. The fraction of sp³-hybridized carbons (Fsp3) is 0.107. The van der Waals surface area contributed by atoms with Gasteiger partial charge in [0.15, 0.2) is 17.2 Å². The average molecular weight is 502 g/mol. The number of amides is 1. The van der Waals surface area contributed by atoms with Crippen molar-refractivity contribution in [3.05, 3.63) is 102 Å². The molecule has 0 fully saturated rings. The maximum absolute atomic E-state index is 13.4. The highest BCUT2D eigenvalue weighted by Gasteiger charge is 2.25. The van der Waals surface area contributed by atoms with Gasteiger partial charge in [0.05, 0.1) is 34.9 Å². The zero-order valence-corrected chi connectivity index (χ0v) is 20.7. The van der Waals surface area contributed by atoms with Gasteiger partial charge in [-0.3, -0.25) is 13.9 Å². The third kappa shape index (κ3) is 4.02. The van der Waals surface area contributed by atoms with Crippen molar-refractivity contribution in [3.63, 3.8) is 0 Å². The van der Waals surface area contributed by atoms with Crippen LogP contribution in [-0.4, -0.2) is 39.7 Å². The highest BCUT2D eigenvalue weighted by Crippen LogP contribution is 2.31. The van der Waals surface area contributed by atoms with Gasteiger partial charge in [0, 0.05) is 25.0 Å². The first-order valence-corrected chi connectivity index (χ1v) is 12.0. The monoisotopic (exact) mass is 501 g/mol. The zero-order chi connectivity index (χ0) is 26.2. The Morgan fingerprint density at radius 3 is 2.58 bits per heavy atom. The van der Waals surface area contributed by atoms with Crippen molar-refractivity contribution in [3.8, 4) is 23.1 Å². The normalized spacial score (nSPS) is 11.8. The number of nitrogen functional groups attached to an aromatic ring is 1. The van der Waals surface area contributed by atoms with Gasteiger partial charge in [-0.25, -0.2) is 14.5 Å². The second kappa shape index (κ2) is 9.22. The van der Waals surface area contributed by atoms with Crippen LogP contribution < -0.4 is 11.1 Å². The lowest BCUT2D eigenvalue weighted by Crippen LogP contribution is -2.29. The number of nitrogens with one attached hydrogen (secondary N) is 1. The van der Waals surface area contributed by atoms with E-state index < -0.39 is 11.9 Å². The minimum absolute atomic E-state index is 0.111. The number of carbonyl (C=O) groups is 1. The van der Waals surface area contributed by atoms with Crippen molar-refractivity contribution < 1.29 is 4.79 Å². The van der Waals surface area contributed by atoms with Crippen molar-refractivity contribution in [2.45, 2.75) is 13.0 Å². The van der Waals surface area contributed by atoms with E-state index in [4.69, 9.17) is 10.7 Å². The third-order valence-electron chi connectivity index (χ3n) is 6.15. The lowest BCUT2D eigenvalue weighted by atomic mass is 10.1. The van der Waals surface area contributed by atoms with E-state index in [9.17, 15) is 4.79 Å². The molecule has 0 saturated heterocycles. The molecule has 1 unspecified atom stereocenters. The quantitative estimate of drug-likeness (QED) is 0.358. The molecule has 0 aliphatic rings. The van der Waals surface area contributed by atoms with Gasteiger partial charge >= 0.3 is 0 Å². The van der Waals surface area contributed by atoms with E-state index in [2.05, 4.69) is 32.3 Å². The molecule has 0 saturated carbocycles. The van der Waals surface area contributed by atoms with Gasteiger partial charge in [-0.1, -0.05) is 42.3 Å². The van der Waals surface area contributed by atoms with Crippen LogP contribution in [0.3, 0.4) is 0 Å². The van der Waals surface area contributed by atoms with Gasteiger partial charge in [0.1, 0.15) is 5.65 Å². The van der Waals surface area contributed by atoms with Crippen molar-refractivity contribution in [1.82, 2.24) is 39.1 Å². The van der Waals surface area contributed by atoms with Crippen LogP contribution in [0.25, 0.3) is 22.6 Å². The van der Waals surface area contributed by atoms with Crippen LogP contribution in [-0.2, 0) is 7.05 Å². The number of benzene rings is 1. The van der Waals surface area contributed by atoms with Crippen LogP contribution in [0, 0.1) is 11.8 Å². The van der Waals surface area contributed by atoms with Crippen LogP contribution in [0.5, 0.6) is 0 Å². The van der Waals surface area contributed by atoms with Crippen molar-refractivity contribution in [2.75, 3.05) is 5.73 Å². The average Bonchev–Trinajstić information content (AvgIpc) is 3.62. The maximum atomic E-state index is 13.4. The summed E-state index contributed by atoms with van der Waals surface area (Å²) in [5.74, 6) is 6.17. The number of fused-ring (bicyclic) bond motifs is 2. The van der Waals surface area contributed by atoms with E-state index in [1.165, 1.54) is 4.52 Å². The Hall–Kier alpha value is -5.43. The van der Waals surface area contributed by atoms with E-state index in [1.807, 2.05) is 73.1 Å². The molecule has 5 heterocycles. The molecule has 1 atom stereocenters. The Morgan fingerprint density at radius 1 is 0.974 bits per heavy atom. The van der Waals surface area contributed by atoms with Crippen molar-refractivity contribution in [2.24, 2.45) is 7.05 Å². The minimum atomic E-state index is -0.467. The second-order valence-electron chi connectivity index (χ2n) is 8.80. The minimum Gasteiger partial charge on any atom is -0.382 e. The van der Waals surface area contributed by atoms with Gasteiger partial charge in [0.25, 0.3) is 5.91 Å². The van der Waals surface area contributed by atoms with Crippen LogP contribution in [0.1, 0.15) is 40.4 Å². The van der Waals surface area contributed by atoms with E-state index in [0.29, 0.717) is 17.0 Å². The number of hydrogen-bond donors (Lipinski definition) is 2. The molecule has 5 aromatic heterocycles. The molecule has 0 spiro atoms. The standard InChI is InChI=1S/C28H23N9O/c1-18(32-28(38)26-27(29)34-23-12-7-15-30-37(23)26)24-25(20-8-4-3-5-9-20)36-21(10-6-11-22(36)33-24)14-13-19-16-31-35(2)17-19/h3-12,15-18H,29H2,1-2H3,(H,32,38). The van der Waals surface area contributed by atoms with Crippen LogP contribution in [0.15, 0.2) is 79.3 Å². The lowest BCUT2D eigenvalue weighted by Gasteiger charge is -2.15. The number of nitrogens with zero attached hydrogens (tertiary/aromatic N) is 7. The summed E-state index contributed by atoms with van der Waals surface area (Å²) in [6.07, 6.45) is 5.17. The lowest BCUT2D eigenvalue weighted by molar-refractivity contribution is 0.0933. The van der Waals surface area contributed by atoms with Crippen molar-refractivity contribution >= 4 is 23.0 Å². The molecular weight excluding hydrogens is 478 g/mol. The maximum Gasteiger partial charge on any atom is 0.274 e. The fourth-order valence-electron chi connectivity index (χ4n) is 4.46. The number of rotatable bonds is 4. The van der Waals surface area contributed by atoms with Crippen LogP contribution >= 0.6 is 0 Å². The van der Waals surface area contributed by atoms with E-state index in [0.717, 1.165) is 22.5 Å². The molecule has 10 heteroatoms. The van der Waals surface area contributed by atoms with Crippen molar-refractivity contribution in [1.29, 1.82) is 0 Å². The number of anilines is 1. The predicted octanol–water partition coefficient (Wildman–Crippen LogP) is 3.25. The summed E-state index contributed by atoms with van der Waals surface area (Å²) < 4.78 is 5.16. The molecule has 0 bridgehead atoms. The summed E-state index contributed by atoms with van der Waals surface area (Å²) in [6, 6.07) is 18.7. The van der Waals surface area contributed by atoms with Gasteiger partial charge in [0.2, 0.25) is 0 Å². The molecule has 0 radical (unpaired) electrons. The second-order valence-corrected chi connectivity index (χ2v) is 8.80. The number of hydrogen-bond acceptors (Lipinski definition) is 6. The zero-order valence-electron chi connectivity index (χ0n) is 20.7. The number of aromatic nitrogens is 7. The number of imidazole rings is 2.